The molecule has 118 valence electrons. The molecule has 3 rings (SSSR count). The van der Waals surface area contributed by atoms with E-state index in [1.807, 2.05) is 20.8 Å². The van der Waals surface area contributed by atoms with Crippen molar-refractivity contribution < 1.29 is 5.11 Å². The lowest BCUT2D eigenvalue weighted by Crippen LogP contribution is -2.37. The normalized spacial score (nSPS) is 15.5. The summed E-state index contributed by atoms with van der Waals surface area (Å²) >= 11 is 0. The van der Waals surface area contributed by atoms with E-state index >= 15 is 0 Å². The van der Waals surface area contributed by atoms with Gasteiger partial charge < -0.3 is 10.8 Å². The largest absolute Gasteiger partial charge is 0.391 e. The third-order valence-corrected chi connectivity index (χ3v) is 4.43. The van der Waals surface area contributed by atoms with Crippen molar-refractivity contribution >= 4 is 12.4 Å². The van der Waals surface area contributed by atoms with Gasteiger partial charge in [-0.25, -0.2) is 0 Å². The van der Waals surface area contributed by atoms with Crippen LogP contribution in [0.1, 0.15) is 43.5 Å². The highest BCUT2D eigenvalue weighted by molar-refractivity contribution is 5.85. The summed E-state index contributed by atoms with van der Waals surface area (Å²) in [5.41, 5.74) is 12.4. The average molecular weight is 318 g/mol. The van der Waals surface area contributed by atoms with Gasteiger partial charge in [0.2, 0.25) is 0 Å². The molecule has 0 aromatic heterocycles. The zero-order valence-electron chi connectivity index (χ0n) is 13.3. The number of halogens is 1. The Balaban J connectivity index is 0.00000176. The first kappa shape index (κ1) is 17.0. The molecular formula is C19H24ClNO. The van der Waals surface area contributed by atoms with Crippen LogP contribution in [0.3, 0.4) is 0 Å². The summed E-state index contributed by atoms with van der Waals surface area (Å²) in [6, 6.07) is 14.5. The van der Waals surface area contributed by atoms with Crippen molar-refractivity contribution in [2.24, 2.45) is 11.1 Å². The molecule has 2 atom stereocenters. The number of hydrogen-bond acceptors (Lipinski definition) is 2. The van der Waals surface area contributed by atoms with Gasteiger partial charge >= 0.3 is 0 Å². The van der Waals surface area contributed by atoms with Crippen LogP contribution in [0.4, 0.5) is 0 Å². The van der Waals surface area contributed by atoms with Gasteiger partial charge in [0, 0.05) is 0 Å². The maximum atomic E-state index is 10.4. The standard InChI is InChI=1S/C19H23NO.ClH/c1-19(2,3)18(21)17(20)13-8-9-16-14(11-13)10-12-6-4-5-7-15(12)16;/h4-9,11,17-18,21H,10,20H2,1-3H3;1H/t17-,18-;/m1./s1. The fourth-order valence-electron chi connectivity index (χ4n) is 3.09. The second kappa shape index (κ2) is 6.04. The lowest BCUT2D eigenvalue weighted by Gasteiger charge is -2.31. The minimum Gasteiger partial charge on any atom is -0.391 e. The van der Waals surface area contributed by atoms with Gasteiger partial charge in [-0.2, -0.15) is 0 Å². The van der Waals surface area contributed by atoms with Crippen molar-refractivity contribution in [2.75, 3.05) is 0 Å². The monoisotopic (exact) mass is 317 g/mol. The van der Waals surface area contributed by atoms with Gasteiger partial charge in [-0.15, -0.1) is 12.4 Å². The smallest absolute Gasteiger partial charge is 0.0780 e. The molecular weight excluding hydrogens is 294 g/mol. The highest BCUT2D eigenvalue weighted by Crippen LogP contribution is 2.38. The summed E-state index contributed by atoms with van der Waals surface area (Å²) in [5, 5.41) is 10.4. The fraction of sp³-hybridized carbons (Fsp3) is 0.368. The van der Waals surface area contributed by atoms with E-state index in [0.29, 0.717) is 0 Å². The van der Waals surface area contributed by atoms with E-state index in [2.05, 4.69) is 42.5 Å². The molecule has 0 unspecified atom stereocenters. The SMILES string of the molecule is CC(C)(C)[C@H](O)[C@H](N)c1ccc2c(c1)Cc1ccccc1-2.Cl. The van der Waals surface area contributed by atoms with Crippen molar-refractivity contribution in [3.63, 3.8) is 0 Å². The van der Waals surface area contributed by atoms with Crippen LogP contribution in [0, 0.1) is 5.41 Å². The lowest BCUT2D eigenvalue weighted by atomic mass is 9.82. The molecule has 3 heteroatoms. The summed E-state index contributed by atoms with van der Waals surface area (Å²) in [4.78, 5) is 0. The molecule has 0 saturated heterocycles. The van der Waals surface area contributed by atoms with Gasteiger partial charge in [-0.1, -0.05) is 63.2 Å². The highest BCUT2D eigenvalue weighted by Gasteiger charge is 2.30. The molecule has 0 amide bonds. The molecule has 0 aliphatic heterocycles. The van der Waals surface area contributed by atoms with Gasteiger partial charge in [-0.3, -0.25) is 0 Å². The van der Waals surface area contributed by atoms with Gasteiger partial charge in [0.25, 0.3) is 0 Å². The van der Waals surface area contributed by atoms with Crippen molar-refractivity contribution in [3.05, 3.63) is 59.2 Å². The quantitative estimate of drug-likeness (QED) is 0.748. The Labute approximate surface area is 138 Å². The van der Waals surface area contributed by atoms with Gasteiger partial charge in [0.1, 0.15) is 0 Å². The predicted molar refractivity (Wildman–Crippen MR) is 94.3 cm³/mol. The average Bonchev–Trinajstić information content (AvgIpc) is 2.82. The van der Waals surface area contributed by atoms with Gasteiger partial charge in [0.05, 0.1) is 12.1 Å². The van der Waals surface area contributed by atoms with Crippen LogP contribution in [-0.2, 0) is 6.42 Å². The summed E-state index contributed by atoms with van der Waals surface area (Å²) in [6.45, 7) is 6.04. The Morgan fingerprint density at radius 1 is 1.00 bits per heavy atom. The maximum Gasteiger partial charge on any atom is 0.0780 e. The van der Waals surface area contributed by atoms with Crippen LogP contribution in [-0.4, -0.2) is 11.2 Å². The second-order valence-electron chi connectivity index (χ2n) is 7.09. The summed E-state index contributed by atoms with van der Waals surface area (Å²) in [7, 11) is 0. The van der Waals surface area contributed by atoms with E-state index in [1.54, 1.807) is 0 Å². The van der Waals surface area contributed by atoms with Crippen molar-refractivity contribution in [3.8, 4) is 11.1 Å². The van der Waals surface area contributed by atoms with Crippen molar-refractivity contribution in [1.82, 2.24) is 0 Å². The first-order valence-corrected chi connectivity index (χ1v) is 7.52. The van der Waals surface area contributed by atoms with Gasteiger partial charge in [-0.05, 0) is 39.7 Å². The van der Waals surface area contributed by atoms with E-state index < -0.39 is 6.10 Å². The van der Waals surface area contributed by atoms with E-state index in [4.69, 9.17) is 5.73 Å². The first-order chi connectivity index (χ1) is 9.88. The van der Waals surface area contributed by atoms with Crippen molar-refractivity contribution in [2.45, 2.75) is 39.3 Å². The minimum atomic E-state index is -0.556. The first-order valence-electron chi connectivity index (χ1n) is 7.52. The molecule has 0 fully saturated rings. The van der Waals surface area contributed by atoms with E-state index in [9.17, 15) is 5.11 Å². The zero-order chi connectivity index (χ0) is 15.2. The second-order valence-corrected chi connectivity index (χ2v) is 7.09. The van der Waals surface area contributed by atoms with Crippen LogP contribution < -0.4 is 5.73 Å². The summed E-state index contributed by atoms with van der Waals surface area (Å²) in [6.07, 6.45) is 0.400. The Kier molecular flexibility index (Phi) is 4.67. The third kappa shape index (κ3) is 2.91. The zero-order valence-corrected chi connectivity index (χ0v) is 14.2. The molecule has 0 bridgehead atoms. The number of rotatable bonds is 2. The van der Waals surface area contributed by atoms with E-state index in [1.165, 1.54) is 22.3 Å². The molecule has 2 aromatic rings. The molecule has 0 radical (unpaired) electrons. The van der Waals surface area contributed by atoms with Crippen molar-refractivity contribution in [1.29, 1.82) is 0 Å². The highest BCUT2D eigenvalue weighted by atomic mass is 35.5. The number of aliphatic hydroxyl groups excluding tert-OH is 1. The fourth-order valence-corrected chi connectivity index (χ4v) is 3.09. The number of fused-ring (bicyclic) bond motifs is 3. The summed E-state index contributed by atoms with van der Waals surface area (Å²) < 4.78 is 0. The Morgan fingerprint density at radius 2 is 1.64 bits per heavy atom. The van der Waals surface area contributed by atoms with Crippen LogP contribution in [0.5, 0.6) is 0 Å². The lowest BCUT2D eigenvalue weighted by molar-refractivity contribution is 0.0401. The number of hydrogen-bond donors (Lipinski definition) is 2. The van der Waals surface area contributed by atoms with E-state index in [0.717, 1.165) is 12.0 Å². The molecule has 0 spiro atoms. The Hall–Kier alpha value is -1.35. The number of nitrogens with two attached hydrogens (primary N) is 1. The summed E-state index contributed by atoms with van der Waals surface area (Å²) in [5.74, 6) is 0. The molecule has 0 saturated carbocycles. The maximum absolute atomic E-state index is 10.4. The number of benzene rings is 2. The van der Waals surface area contributed by atoms with E-state index in [-0.39, 0.29) is 23.9 Å². The molecule has 0 heterocycles. The molecule has 2 aromatic carbocycles. The Bertz CT molecular complexity index is 675. The molecule has 1 aliphatic carbocycles. The molecule has 22 heavy (non-hydrogen) atoms. The van der Waals surface area contributed by atoms with Crippen LogP contribution in [0.15, 0.2) is 42.5 Å². The molecule has 3 N–H and O–H groups in total. The Morgan fingerprint density at radius 3 is 2.32 bits per heavy atom. The number of aliphatic hydroxyl groups is 1. The molecule has 1 aliphatic rings. The van der Waals surface area contributed by atoms with Crippen LogP contribution in [0.25, 0.3) is 11.1 Å². The predicted octanol–water partition coefficient (Wildman–Crippen LogP) is 4.09. The third-order valence-electron chi connectivity index (χ3n) is 4.43. The van der Waals surface area contributed by atoms with Gasteiger partial charge in [0.15, 0.2) is 0 Å². The van der Waals surface area contributed by atoms with Crippen LogP contribution >= 0.6 is 12.4 Å². The molecule has 2 nitrogen and oxygen atoms in total. The minimum absolute atomic E-state index is 0. The van der Waals surface area contributed by atoms with Crippen LogP contribution in [0.2, 0.25) is 0 Å². The topological polar surface area (TPSA) is 46.2 Å².